The van der Waals surface area contributed by atoms with E-state index in [-0.39, 0.29) is 17.2 Å². The normalized spacial score (nSPS) is 16.8. The molecule has 1 aliphatic heterocycles. The quantitative estimate of drug-likeness (QED) is 0.517. The van der Waals surface area contributed by atoms with Crippen molar-refractivity contribution in [3.8, 4) is 0 Å². The highest BCUT2D eigenvalue weighted by Crippen LogP contribution is 2.30. The fourth-order valence-electron chi connectivity index (χ4n) is 3.92. The number of nitro groups is 1. The molecule has 1 unspecified atom stereocenters. The number of rotatable bonds is 4. The summed E-state index contributed by atoms with van der Waals surface area (Å²) in [5, 5.41) is 16.7. The van der Waals surface area contributed by atoms with Gasteiger partial charge in [0.2, 0.25) is 0 Å². The first-order valence-electron chi connectivity index (χ1n) is 10.2. The van der Waals surface area contributed by atoms with Crippen LogP contribution in [0.3, 0.4) is 0 Å². The van der Waals surface area contributed by atoms with E-state index in [0.717, 1.165) is 43.4 Å². The summed E-state index contributed by atoms with van der Waals surface area (Å²) >= 11 is 0. The topological polar surface area (TPSA) is 79.9 Å². The molecule has 0 bridgehead atoms. The number of hydrogen-bond donors (Lipinski definition) is 2. The van der Waals surface area contributed by atoms with Crippen LogP contribution < -0.4 is 15.1 Å². The van der Waals surface area contributed by atoms with Crippen LogP contribution in [0.2, 0.25) is 0 Å². The lowest BCUT2D eigenvalue weighted by molar-refractivity contribution is -0.876. The van der Waals surface area contributed by atoms with Crippen LogP contribution in [-0.4, -0.2) is 44.1 Å². The summed E-state index contributed by atoms with van der Waals surface area (Å²) in [6, 6.07) is 18.3. The molecule has 0 radical (unpaired) electrons. The van der Waals surface area contributed by atoms with E-state index in [2.05, 4.69) is 17.3 Å². The molecule has 1 atom stereocenters. The third-order valence-electron chi connectivity index (χ3n) is 5.62. The summed E-state index contributed by atoms with van der Waals surface area (Å²) < 4.78 is 0. The Morgan fingerprint density at radius 1 is 1.03 bits per heavy atom. The van der Waals surface area contributed by atoms with Crippen molar-refractivity contribution >= 4 is 33.7 Å². The van der Waals surface area contributed by atoms with Crippen molar-refractivity contribution in [2.45, 2.75) is 6.42 Å². The molecule has 1 saturated heterocycles. The molecular weight excluding hydrogens is 380 g/mol. The number of nitrogens with zero attached hydrogens (tertiary/aromatic N) is 2. The molecule has 30 heavy (non-hydrogen) atoms. The van der Waals surface area contributed by atoms with Gasteiger partial charge >= 0.3 is 0 Å². The molecule has 1 aliphatic rings. The molecule has 7 nitrogen and oxygen atoms in total. The van der Waals surface area contributed by atoms with E-state index in [1.165, 1.54) is 11.0 Å². The lowest BCUT2D eigenvalue weighted by atomic mass is 10.1. The molecule has 0 saturated carbocycles. The van der Waals surface area contributed by atoms with Crippen LogP contribution in [0.1, 0.15) is 16.8 Å². The van der Waals surface area contributed by atoms with Crippen LogP contribution in [0.25, 0.3) is 10.8 Å². The Kier molecular flexibility index (Phi) is 5.63. The van der Waals surface area contributed by atoms with Gasteiger partial charge < -0.3 is 15.1 Å². The standard InChI is InChI=1S/C23H24N4O3/c1-25-11-4-12-26(14-13-25)21-10-8-19(16-22(21)27(29)30)23(28)24-20-9-7-17-5-2-3-6-18(17)15-20/h2-3,5-10,15-16H,4,11-14H2,1H3,(H,24,28)/p+1. The highest BCUT2D eigenvalue weighted by molar-refractivity contribution is 6.06. The second-order valence-corrected chi connectivity index (χ2v) is 7.77. The van der Waals surface area contributed by atoms with E-state index in [0.29, 0.717) is 11.4 Å². The fraction of sp³-hybridized carbons (Fsp3) is 0.261. The smallest absolute Gasteiger partial charge is 0.293 e. The predicted octanol–water partition coefficient (Wildman–Crippen LogP) is 2.73. The minimum Gasteiger partial charge on any atom is -0.360 e. The van der Waals surface area contributed by atoms with Crippen LogP contribution in [0.15, 0.2) is 60.7 Å². The van der Waals surface area contributed by atoms with Gasteiger partial charge in [0.1, 0.15) is 5.69 Å². The average Bonchev–Trinajstić information content (AvgIpc) is 2.97. The van der Waals surface area contributed by atoms with Crippen molar-refractivity contribution in [3.05, 3.63) is 76.3 Å². The van der Waals surface area contributed by atoms with Gasteiger partial charge in [0.05, 0.1) is 31.6 Å². The summed E-state index contributed by atoms with van der Waals surface area (Å²) in [5.74, 6) is -0.361. The molecule has 154 valence electrons. The molecule has 0 spiro atoms. The van der Waals surface area contributed by atoms with Gasteiger partial charge in [0.25, 0.3) is 11.6 Å². The van der Waals surface area contributed by atoms with Crippen molar-refractivity contribution in [2.75, 3.05) is 43.4 Å². The largest absolute Gasteiger partial charge is 0.360 e. The Hall–Kier alpha value is -3.45. The van der Waals surface area contributed by atoms with Crippen LogP contribution >= 0.6 is 0 Å². The zero-order valence-electron chi connectivity index (χ0n) is 16.9. The molecule has 1 fully saturated rings. The number of nitrogens with one attached hydrogen (secondary N) is 2. The van der Waals surface area contributed by atoms with Crippen LogP contribution in [0.5, 0.6) is 0 Å². The number of quaternary nitrogens is 1. The van der Waals surface area contributed by atoms with E-state index in [4.69, 9.17) is 0 Å². The molecule has 4 rings (SSSR count). The Labute approximate surface area is 175 Å². The van der Waals surface area contributed by atoms with Gasteiger partial charge in [-0.1, -0.05) is 30.3 Å². The summed E-state index contributed by atoms with van der Waals surface area (Å²) in [6.45, 7) is 3.52. The van der Waals surface area contributed by atoms with Gasteiger partial charge in [0, 0.05) is 30.3 Å². The second kappa shape index (κ2) is 8.51. The number of amides is 1. The molecule has 1 heterocycles. The third kappa shape index (κ3) is 4.26. The predicted molar refractivity (Wildman–Crippen MR) is 118 cm³/mol. The van der Waals surface area contributed by atoms with Gasteiger partial charge in [0.15, 0.2) is 0 Å². The Morgan fingerprint density at radius 3 is 2.63 bits per heavy atom. The second-order valence-electron chi connectivity index (χ2n) is 7.77. The number of nitro benzene ring substituents is 1. The van der Waals surface area contributed by atoms with Crippen molar-refractivity contribution in [3.63, 3.8) is 0 Å². The highest BCUT2D eigenvalue weighted by Gasteiger charge is 2.24. The minimum absolute atomic E-state index is 0.0271. The number of carbonyl (C=O) groups is 1. The Morgan fingerprint density at radius 2 is 1.83 bits per heavy atom. The maximum absolute atomic E-state index is 12.8. The molecule has 3 aromatic rings. The van der Waals surface area contributed by atoms with Gasteiger partial charge in [-0.15, -0.1) is 0 Å². The summed E-state index contributed by atoms with van der Waals surface area (Å²) in [6.07, 6.45) is 0.979. The number of likely N-dealkylation sites (N-methyl/N-ethyl adjacent to an activating group) is 1. The van der Waals surface area contributed by atoms with E-state index < -0.39 is 4.92 Å². The summed E-state index contributed by atoms with van der Waals surface area (Å²) in [7, 11) is 2.14. The summed E-state index contributed by atoms with van der Waals surface area (Å²) in [5.41, 5.74) is 1.48. The molecule has 0 aromatic heterocycles. The maximum Gasteiger partial charge on any atom is 0.293 e. The van der Waals surface area contributed by atoms with Crippen LogP contribution in [0.4, 0.5) is 17.1 Å². The number of benzene rings is 3. The van der Waals surface area contributed by atoms with E-state index in [1.54, 1.807) is 12.1 Å². The number of hydrogen-bond acceptors (Lipinski definition) is 4. The molecule has 2 N–H and O–H groups in total. The van der Waals surface area contributed by atoms with E-state index in [9.17, 15) is 14.9 Å². The Balaban J connectivity index is 1.58. The average molecular weight is 405 g/mol. The zero-order valence-corrected chi connectivity index (χ0v) is 16.9. The van der Waals surface area contributed by atoms with Crippen molar-refractivity contribution in [1.82, 2.24) is 0 Å². The van der Waals surface area contributed by atoms with E-state index in [1.807, 2.05) is 42.5 Å². The first-order chi connectivity index (χ1) is 14.5. The van der Waals surface area contributed by atoms with Gasteiger partial charge in [-0.2, -0.15) is 0 Å². The molecular formula is C23H25N4O3+. The van der Waals surface area contributed by atoms with Gasteiger partial charge in [-0.3, -0.25) is 14.9 Å². The third-order valence-corrected chi connectivity index (χ3v) is 5.62. The van der Waals surface area contributed by atoms with Crippen molar-refractivity contribution in [1.29, 1.82) is 0 Å². The first-order valence-corrected chi connectivity index (χ1v) is 10.2. The Bertz CT molecular complexity index is 1100. The van der Waals surface area contributed by atoms with Crippen LogP contribution in [-0.2, 0) is 0 Å². The minimum atomic E-state index is -0.399. The van der Waals surface area contributed by atoms with E-state index >= 15 is 0 Å². The van der Waals surface area contributed by atoms with Gasteiger partial charge in [-0.05, 0) is 35.0 Å². The van der Waals surface area contributed by atoms with Crippen molar-refractivity contribution < 1.29 is 14.6 Å². The van der Waals surface area contributed by atoms with Gasteiger partial charge in [-0.25, -0.2) is 0 Å². The number of fused-ring (bicyclic) bond motifs is 1. The number of anilines is 2. The lowest BCUT2D eigenvalue weighted by Crippen LogP contribution is -3.09. The molecule has 3 aromatic carbocycles. The molecule has 0 aliphatic carbocycles. The maximum atomic E-state index is 12.8. The number of carbonyl (C=O) groups excluding carboxylic acids is 1. The highest BCUT2D eigenvalue weighted by atomic mass is 16.6. The first kappa shape index (κ1) is 19.8. The molecule has 7 heteroatoms. The SMILES string of the molecule is C[NH+]1CCCN(c2ccc(C(=O)Nc3ccc4ccccc4c3)cc2[N+](=O)[O-])CC1. The summed E-state index contributed by atoms with van der Waals surface area (Å²) in [4.78, 5) is 27.6. The monoisotopic (exact) mass is 405 g/mol. The fourth-order valence-corrected chi connectivity index (χ4v) is 3.92. The lowest BCUT2D eigenvalue weighted by Gasteiger charge is -2.21. The molecule has 1 amide bonds. The zero-order chi connectivity index (χ0) is 21.1. The van der Waals surface area contributed by atoms with Crippen LogP contribution in [0, 0.1) is 10.1 Å². The van der Waals surface area contributed by atoms with Crippen molar-refractivity contribution in [2.24, 2.45) is 0 Å².